The van der Waals surface area contributed by atoms with Crippen LogP contribution in [0.5, 0.6) is 0 Å². The third kappa shape index (κ3) is 0.485. The first-order chi connectivity index (χ1) is 5.93. The van der Waals surface area contributed by atoms with Crippen LogP contribution in [0.15, 0.2) is 11.1 Å². The van der Waals surface area contributed by atoms with Gasteiger partial charge in [0.1, 0.15) is 23.7 Å². The molecule has 12 heavy (non-hydrogen) atoms. The van der Waals surface area contributed by atoms with Gasteiger partial charge in [-0.15, -0.1) is 0 Å². The Kier molecular flexibility index (Phi) is 0.856. The quantitative estimate of drug-likeness (QED) is 0.289. The second-order valence-corrected chi connectivity index (χ2v) is 4.88. The fourth-order valence-electron chi connectivity index (χ4n) is 4.11. The monoisotopic (exact) mass is 158 g/mol. The van der Waals surface area contributed by atoms with E-state index in [1.165, 1.54) is 25.7 Å². The van der Waals surface area contributed by atoms with Crippen molar-refractivity contribution >= 4 is 0 Å². The summed E-state index contributed by atoms with van der Waals surface area (Å²) in [5.74, 6) is 3.71. The molecular weight excluding hydrogens is 144 g/mol. The molecule has 0 amide bonds. The Balaban J connectivity index is 1.90. The second-order valence-electron chi connectivity index (χ2n) is 4.88. The van der Waals surface area contributed by atoms with E-state index in [1.807, 2.05) is 11.1 Å². The van der Waals surface area contributed by atoms with E-state index in [9.17, 15) is 0 Å². The Hall–Kier alpha value is -0.520. The number of allylic oxidation sites excluding steroid dienone is 2. The standard InChI is InChI=1S/C12H14/c1-2-8-5-7(1)11-9-3-4-10(6-9)12(8)11/h5-10H,1-4H2/q+2/t7-,8+,9+,10-. The van der Waals surface area contributed by atoms with Crippen molar-refractivity contribution in [1.82, 2.24) is 0 Å². The van der Waals surface area contributed by atoms with Crippen molar-refractivity contribution in [3.8, 4) is 0 Å². The van der Waals surface area contributed by atoms with Crippen LogP contribution in [0.4, 0.5) is 0 Å². The number of hydrogen-bond donors (Lipinski definition) is 0. The van der Waals surface area contributed by atoms with Crippen molar-refractivity contribution in [1.29, 1.82) is 0 Å². The van der Waals surface area contributed by atoms with Crippen LogP contribution in [0.3, 0.4) is 0 Å². The normalized spacial score (nSPS) is 52.7. The summed E-state index contributed by atoms with van der Waals surface area (Å²) >= 11 is 0. The van der Waals surface area contributed by atoms with Gasteiger partial charge in [0.15, 0.2) is 0 Å². The van der Waals surface area contributed by atoms with Crippen molar-refractivity contribution in [2.45, 2.75) is 25.7 Å². The Morgan fingerprint density at radius 2 is 1.00 bits per heavy atom. The van der Waals surface area contributed by atoms with Gasteiger partial charge in [-0.25, -0.2) is 0 Å². The van der Waals surface area contributed by atoms with Crippen molar-refractivity contribution in [3.05, 3.63) is 24.0 Å². The number of fused-ring (bicyclic) bond motifs is 8. The van der Waals surface area contributed by atoms with Crippen LogP contribution in [-0.4, -0.2) is 0 Å². The smallest absolute Gasteiger partial charge is 0.000681 e. The van der Waals surface area contributed by atoms with E-state index in [0.29, 0.717) is 0 Å². The summed E-state index contributed by atoms with van der Waals surface area (Å²) in [7, 11) is 0. The van der Waals surface area contributed by atoms with Gasteiger partial charge >= 0.3 is 0 Å². The van der Waals surface area contributed by atoms with Crippen LogP contribution < -0.4 is 0 Å². The zero-order valence-corrected chi connectivity index (χ0v) is 7.29. The van der Waals surface area contributed by atoms with Gasteiger partial charge in [0.25, 0.3) is 0 Å². The van der Waals surface area contributed by atoms with Crippen LogP contribution in [-0.2, 0) is 0 Å². The van der Waals surface area contributed by atoms with Crippen molar-refractivity contribution in [2.75, 3.05) is 0 Å². The molecule has 4 bridgehead atoms. The van der Waals surface area contributed by atoms with Gasteiger partial charge in [-0.1, -0.05) is 0 Å². The summed E-state index contributed by atoms with van der Waals surface area (Å²) in [6.07, 6.45) is 11.2. The molecule has 0 aliphatic heterocycles. The zero-order valence-electron chi connectivity index (χ0n) is 7.29. The zero-order chi connectivity index (χ0) is 7.71. The lowest BCUT2D eigenvalue weighted by Crippen LogP contribution is -2.10. The molecule has 0 nitrogen and oxygen atoms in total. The predicted octanol–water partition coefficient (Wildman–Crippen LogP) is 2.77. The molecular formula is C12H14+2. The first kappa shape index (κ1) is 6.01. The molecule has 0 aromatic rings. The number of hydrogen-bond acceptors (Lipinski definition) is 0. The maximum atomic E-state index is 2.64. The molecule has 4 aliphatic rings. The van der Waals surface area contributed by atoms with E-state index in [0.717, 1.165) is 23.7 Å². The van der Waals surface area contributed by atoms with E-state index in [1.54, 1.807) is 0 Å². The molecule has 4 aliphatic carbocycles. The molecule has 0 N–H and O–H groups in total. The molecule has 0 aromatic carbocycles. The molecule has 0 saturated heterocycles. The van der Waals surface area contributed by atoms with Gasteiger partial charge in [0.2, 0.25) is 0 Å². The maximum absolute atomic E-state index is 2.64. The molecule has 0 heterocycles. The highest BCUT2D eigenvalue weighted by atomic mass is 14.6. The van der Waals surface area contributed by atoms with Gasteiger partial charge in [-0.05, 0) is 25.7 Å². The average molecular weight is 158 g/mol. The molecule has 0 heteroatoms. The molecule has 0 unspecified atom stereocenters. The van der Waals surface area contributed by atoms with Crippen molar-refractivity contribution in [3.63, 3.8) is 0 Å². The van der Waals surface area contributed by atoms with Gasteiger partial charge in [0, 0.05) is 11.1 Å². The summed E-state index contributed by atoms with van der Waals surface area (Å²) < 4.78 is 0. The van der Waals surface area contributed by atoms with Crippen LogP contribution in [0.1, 0.15) is 25.7 Å². The SMILES string of the molecule is [CH+]1[C@@H]2CC[C@H]1C1=C2[C@H]2[CH+][C@@H]1CC2. The fourth-order valence-corrected chi connectivity index (χ4v) is 4.11. The molecule has 0 spiro atoms. The van der Waals surface area contributed by atoms with Crippen LogP contribution >= 0.6 is 0 Å². The molecule has 60 valence electrons. The molecule has 2 saturated carbocycles. The molecule has 4 rings (SSSR count). The first-order valence-electron chi connectivity index (χ1n) is 5.37. The van der Waals surface area contributed by atoms with Gasteiger partial charge in [-0.3, -0.25) is 0 Å². The third-order valence-electron chi connectivity index (χ3n) is 4.44. The molecule has 4 atom stereocenters. The average Bonchev–Trinajstić information content (AvgIpc) is 2.83. The van der Waals surface area contributed by atoms with Gasteiger partial charge < -0.3 is 0 Å². The Morgan fingerprint density at radius 1 is 0.667 bits per heavy atom. The van der Waals surface area contributed by atoms with E-state index in [2.05, 4.69) is 12.8 Å². The summed E-state index contributed by atoms with van der Waals surface area (Å²) in [5.41, 5.74) is 3.78. The van der Waals surface area contributed by atoms with E-state index in [-0.39, 0.29) is 0 Å². The Morgan fingerprint density at radius 3 is 1.33 bits per heavy atom. The van der Waals surface area contributed by atoms with Crippen molar-refractivity contribution < 1.29 is 0 Å². The Labute approximate surface area is 74.0 Å². The minimum Gasteiger partial charge on any atom is -0.000681 e. The summed E-state index contributed by atoms with van der Waals surface area (Å²) in [5, 5.41) is 0. The lowest BCUT2D eigenvalue weighted by molar-refractivity contribution is 0.530. The lowest BCUT2D eigenvalue weighted by atomic mass is 9.82. The van der Waals surface area contributed by atoms with Gasteiger partial charge in [-0.2, -0.15) is 0 Å². The maximum Gasteiger partial charge on any atom is 0.124 e. The second kappa shape index (κ2) is 1.71. The van der Waals surface area contributed by atoms with E-state index >= 15 is 0 Å². The highest BCUT2D eigenvalue weighted by Gasteiger charge is 2.62. The largest absolute Gasteiger partial charge is 0.124 e. The Bertz CT molecular complexity index is 222. The van der Waals surface area contributed by atoms with Crippen LogP contribution in [0, 0.1) is 36.5 Å². The lowest BCUT2D eigenvalue weighted by Gasteiger charge is -2.13. The summed E-state index contributed by atoms with van der Waals surface area (Å²) in [4.78, 5) is 0. The minimum atomic E-state index is 0.927. The summed E-state index contributed by atoms with van der Waals surface area (Å²) in [6, 6.07) is 0. The first-order valence-corrected chi connectivity index (χ1v) is 5.37. The molecule has 0 radical (unpaired) electrons. The molecule has 0 aromatic heterocycles. The minimum absolute atomic E-state index is 0.927. The third-order valence-corrected chi connectivity index (χ3v) is 4.44. The highest BCUT2D eigenvalue weighted by molar-refractivity contribution is 5.47. The predicted molar refractivity (Wildman–Crippen MR) is 48.1 cm³/mol. The van der Waals surface area contributed by atoms with Crippen molar-refractivity contribution in [2.24, 2.45) is 23.7 Å². The topological polar surface area (TPSA) is 0 Å². The van der Waals surface area contributed by atoms with Crippen LogP contribution in [0.2, 0.25) is 0 Å². The number of rotatable bonds is 0. The summed E-state index contributed by atoms with van der Waals surface area (Å²) in [6.45, 7) is 0. The van der Waals surface area contributed by atoms with E-state index in [4.69, 9.17) is 0 Å². The van der Waals surface area contributed by atoms with Crippen LogP contribution in [0.25, 0.3) is 0 Å². The van der Waals surface area contributed by atoms with Gasteiger partial charge in [0.05, 0.1) is 12.8 Å². The molecule has 2 fully saturated rings. The van der Waals surface area contributed by atoms with E-state index < -0.39 is 0 Å². The highest BCUT2D eigenvalue weighted by Crippen LogP contribution is 2.62. The fraction of sp³-hybridized carbons (Fsp3) is 0.667.